The zero-order valence-corrected chi connectivity index (χ0v) is 12.0. The van der Waals surface area contributed by atoms with Gasteiger partial charge in [0.15, 0.2) is 0 Å². The lowest BCUT2D eigenvalue weighted by Gasteiger charge is -2.19. The molecule has 17 heavy (non-hydrogen) atoms. The molecule has 1 aromatic carbocycles. The molecule has 0 amide bonds. The van der Waals surface area contributed by atoms with E-state index < -0.39 is 0 Å². The van der Waals surface area contributed by atoms with Gasteiger partial charge in [-0.2, -0.15) is 11.8 Å². The van der Waals surface area contributed by atoms with E-state index in [1.54, 1.807) is 0 Å². The van der Waals surface area contributed by atoms with Crippen LogP contribution in [0.1, 0.15) is 25.3 Å². The van der Waals surface area contributed by atoms with Crippen LogP contribution < -0.4 is 5.32 Å². The summed E-state index contributed by atoms with van der Waals surface area (Å²) in [4.78, 5) is 0. The van der Waals surface area contributed by atoms with Gasteiger partial charge in [-0.3, -0.25) is 0 Å². The highest BCUT2D eigenvalue weighted by atomic mass is 35.5. The van der Waals surface area contributed by atoms with Crippen LogP contribution in [0.3, 0.4) is 0 Å². The molecule has 3 atom stereocenters. The normalized spacial score (nSPS) is 28.5. The van der Waals surface area contributed by atoms with Crippen LogP contribution >= 0.6 is 23.4 Å². The van der Waals surface area contributed by atoms with Crippen LogP contribution in [0.5, 0.6) is 0 Å². The van der Waals surface area contributed by atoms with E-state index in [0.717, 1.165) is 21.9 Å². The molecule has 0 heterocycles. The Kier molecular flexibility index (Phi) is 4.78. The number of hydrogen-bond acceptors (Lipinski definition) is 2. The van der Waals surface area contributed by atoms with E-state index in [2.05, 4.69) is 43.2 Å². The van der Waals surface area contributed by atoms with Gasteiger partial charge >= 0.3 is 0 Å². The van der Waals surface area contributed by atoms with E-state index in [4.69, 9.17) is 11.6 Å². The number of thioether (sulfide) groups is 1. The minimum absolute atomic E-state index is 0.706. The van der Waals surface area contributed by atoms with Crippen molar-refractivity contribution >= 4 is 23.4 Å². The lowest BCUT2D eigenvalue weighted by atomic mass is 10.1. The van der Waals surface area contributed by atoms with Crippen molar-refractivity contribution in [1.29, 1.82) is 0 Å². The van der Waals surface area contributed by atoms with Gasteiger partial charge in [0.2, 0.25) is 0 Å². The van der Waals surface area contributed by atoms with E-state index >= 15 is 0 Å². The van der Waals surface area contributed by atoms with Crippen molar-refractivity contribution < 1.29 is 0 Å². The Morgan fingerprint density at radius 2 is 2.00 bits per heavy atom. The Labute approximate surface area is 113 Å². The molecular formula is C14H20ClNS. The van der Waals surface area contributed by atoms with Gasteiger partial charge in [-0.1, -0.05) is 30.7 Å². The number of halogens is 1. The first-order valence-electron chi connectivity index (χ1n) is 6.24. The third kappa shape index (κ3) is 3.40. The Balaban J connectivity index is 1.84. The van der Waals surface area contributed by atoms with Gasteiger partial charge in [0.05, 0.1) is 0 Å². The second kappa shape index (κ2) is 6.12. The summed E-state index contributed by atoms with van der Waals surface area (Å²) in [5, 5.41) is 5.04. The minimum Gasteiger partial charge on any atom is -0.317 e. The van der Waals surface area contributed by atoms with E-state index in [0.29, 0.717) is 6.04 Å². The summed E-state index contributed by atoms with van der Waals surface area (Å²) in [5.74, 6) is 1.88. The third-order valence-electron chi connectivity index (χ3n) is 3.73. The molecule has 2 rings (SSSR count). The topological polar surface area (TPSA) is 12.0 Å². The first kappa shape index (κ1) is 13.3. The molecule has 1 nitrogen and oxygen atoms in total. The van der Waals surface area contributed by atoms with Gasteiger partial charge in [-0.15, -0.1) is 0 Å². The predicted molar refractivity (Wildman–Crippen MR) is 77.8 cm³/mol. The average Bonchev–Trinajstić information content (AvgIpc) is 2.69. The van der Waals surface area contributed by atoms with Crippen LogP contribution in [0.4, 0.5) is 0 Å². The fourth-order valence-electron chi connectivity index (χ4n) is 2.55. The molecule has 0 spiro atoms. The summed E-state index contributed by atoms with van der Waals surface area (Å²) in [6.07, 6.45) is 2.65. The highest BCUT2D eigenvalue weighted by molar-refractivity contribution is 7.99. The zero-order chi connectivity index (χ0) is 12.3. The van der Waals surface area contributed by atoms with Crippen molar-refractivity contribution in [3.63, 3.8) is 0 Å². The second-order valence-electron chi connectivity index (χ2n) is 4.81. The molecule has 0 saturated heterocycles. The van der Waals surface area contributed by atoms with Gasteiger partial charge in [-0.25, -0.2) is 0 Å². The van der Waals surface area contributed by atoms with Gasteiger partial charge in [0, 0.05) is 22.1 Å². The average molecular weight is 270 g/mol. The molecular weight excluding hydrogens is 250 g/mol. The fourth-order valence-corrected chi connectivity index (χ4v) is 4.08. The summed E-state index contributed by atoms with van der Waals surface area (Å²) in [6.45, 7) is 2.37. The van der Waals surface area contributed by atoms with Crippen molar-refractivity contribution in [3.8, 4) is 0 Å². The zero-order valence-electron chi connectivity index (χ0n) is 10.4. The Hall–Kier alpha value is -0.180. The van der Waals surface area contributed by atoms with Gasteiger partial charge in [0.25, 0.3) is 0 Å². The summed E-state index contributed by atoms with van der Waals surface area (Å²) >= 11 is 7.97. The number of nitrogens with one attached hydrogen (secondary N) is 1. The van der Waals surface area contributed by atoms with Crippen molar-refractivity contribution in [2.24, 2.45) is 5.92 Å². The Morgan fingerprint density at radius 1 is 1.29 bits per heavy atom. The molecule has 0 radical (unpaired) electrons. The van der Waals surface area contributed by atoms with E-state index in [-0.39, 0.29) is 0 Å². The van der Waals surface area contributed by atoms with E-state index in [1.807, 2.05) is 12.1 Å². The van der Waals surface area contributed by atoms with Crippen LogP contribution in [-0.4, -0.2) is 18.3 Å². The van der Waals surface area contributed by atoms with E-state index in [1.165, 1.54) is 18.4 Å². The maximum Gasteiger partial charge on any atom is 0.0406 e. The summed E-state index contributed by atoms with van der Waals surface area (Å²) in [6, 6.07) is 8.92. The first-order chi connectivity index (χ1) is 8.20. The predicted octanol–water partition coefficient (Wildman–Crippen LogP) is 3.96. The molecule has 0 bridgehead atoms. The molecule has 1 N–H and O–H groups in total. The van der Waals surface area contributed by atoms with Gasteiger partial charge < -0.3 is 5.32 Å². The van der Waals surface area contributed by atoms with Crippen LogP contribution in [0, 0.1) is 5.92 Å². The molecule has 1 aromatic rings. The quantitative estimate of drug-likeness (QED) is 0.888. The molecule has 3 heteroatoms. The smallest absolute Gasteiger partial charge is 0.0406 e. The maximum absolute atomic E-state index is 5.88. The van der Waals surface area contributed by atoms with Crippen LogP contribution in [-0.2, 0) is 5.75 Å². The van der Waals surface area contributed by atoms with Crippen LogP contribution in [0.2, 0.25) is 5.02 Å². The Bertz CT molecular complexity index is 352. The van der Waals surface area contributed by atoms with Crippen molar-refractivity contribution in [3.05, 3.63) is 34.9 Å². The second-order valence-corrected chi connectivity index (χ2v) is 6.47. The van der Waals surface area contributed by atoms with Crippen LogP contribution in [0.15, 0.2) is 24.3 Å². The first-order valence-corrected chi connectivity index (χ1v) is 7.66. The number of benzene rings is 1. The van der Waals surface area contributed by atoms with Crippen molar-refractivity contribution in [1.82, 2.24) is 5.32 Å². The lowest BCUT2D eigenvalue weighted by molar-refractivity contribution is 0.464. The molecule has 94 valence electrons. The van der Waals surface area contributed by atoms with Crippen LogP contribution in [0.25, 0.3) is 0 Å². The minimum atomic E-state index is 0.706. The molecule has 1 saturated carbocycles. The molecule has 1 aliphatic rings. The van der Waals surface area contributed by atoms with Gasteiger partial charge in [-0.05, 0) is 43.5 Å². The molecule has 1 aliphatic carbocycles. The number of hydrogen-bond donors (Lipinski definition) is 1. The van der Waals surface area contributed by atoms with Crippen molar-refractivity contribution in [2.75, 3.05) is 7.05 Å². The number of rotatable bonds is 4. The largest absolute Gasteiger partial charge is 0.317 e. The third-order valence-corrected chi connectivity index (χ3v) is 5.58. The highest BCUT2D eigenvalue weighted by Gasteiger charge is 2.31. The molecule has 0 aromatic heterocycles. The highest BCUT2D eigenvalue weighted by Crippen LogP contribution is 2.36. The van der Waals surface area contributed by atoms with Crippen molar-refractivity contribution in [2.45, 2.75) is 36.8 Å². The molecule has 1 fully saturated rings. The van der Waals surface area contributed by atoms with Gasteiger partial charge in [0.1, 0.15) is 0 Å². The van der Waals surface area contributed by atoms with E-state index in [9.17, 15) is 0 Å². The Morgan fingerprint density at radius 3 is 2.59 bits per heavy atom. The summed E-state index contributed by atoms with van der Waals surface area (Å²) in [5.41, 5.74) is 1.37. The SMILES string of the molecule is CNC1CCC(SCc2ccc(Cl)cc2)C1C. The lowest BCUT2D eigenvalue weighted by Crippen LogP contribution is -2.30. The fraction of sp³-hybridized carbons (Fsp3) is 0.571. The summed E-state index contributed by atoms with van der Waals surface area (Å²) < 4.78 is 0. The monoisotopic (exact) mass is 269 g/mol. The summed E-state index contributed by atoms with van der Waals surface area (Å²) in [7, 11) is 2.08. The molecule has 0 aliphatic heterocycles. The molecule has 3 unspecified atom stereocenters. The standard InChI is InChI=1S/C14H20ClNS/c1-10-13(16-2)7-8-14(10)17-9-11-3-5-12(15)6-4-11/h3-6,10,13-14,16H,7-9H2,1-2H3. The maximum atomic E-state index is 5.88.